The van der Waals surface area contributed by atoms with Gasteiger partial charge in [-0.2, -0.15) is 0 Å². The lowest BCUT2D eigenvalue weighted by molar-refractivity contribution is 0.0864. The topological polar surface area (TPSA) is 103 Å². The van der Waals surface area contributed by atoms with Crippen LogP contribution in [0.15, 0.2) is 45.3 Å². The number of carbonyl (C=O) groups is 1. The summed E-state index contributed by atoms with van der Waals surface area (Å²) in [6.45, 7) is 13.0. The summed E-state index contributed by atoms with van der Waals surface area (Å²) in [5.74, 6) is 1.18. The molecule has 0 spiro atoms. The van der Waals surface area contributed by atoms with Gasteiger partial charge in [0.05, 0.1) is 0 Å². The van der Waals surface area contributed by atoms with Gasteiger partial charge in [-0.25, -0.2) is 0 Å². The van der Waals surface area contributed by atoms with Crippen LogP contribution in [-0.4, -0.2) is 35.6 Å². The van der Waals surface area contributed by atoms with Crippen molar-refractivity contribution in [2.24, 2.45) is 0 Å². The van der Waals surface area contributed by atoms with Gasteiger partial charge in [0.2, 0.25) is 17.5 Å². The highest BCUT2D eigenvalue weighted by Crippen LogP contribution is 2.40. The lowest BCUT2D eigenvalue weighted by Gasteiger charge is -2.37. The summed E-state index contributed by atoms with van der Waals surface area (Å²) in [5, 5.41) is 15.6. The van der Waals surface area contributed by atoms with Crippen LogP contribution in [0.2, 0.25) is 18.1 Å². The van der Waals surface area contributed by atoms with Crippen LogP contribution >= 0.6 is 0 Å². The minimum absolute atomic E-state index is 0.0315. The molecule has 176 valence electrons. The van der Waals surface area contributed by atoms with Gasteiger partial charge >= 0.3 is 0 Å². The van der Waals surface area contributed by atoms with E-state index in [1.165, 1.54) is 0 Å². The molecule has 1 aliphatic rings. The van der Waals surface area contributed by atoms with Gasteiger partial charge in [-0.05, 0) is 37.9 Å². The number of amides is 1. The molecule has 1 aliphatic carbocycles. The van der Waals surface area contributed by atoms with E-state index in [1.54, 1.807) is 6.07 Å². The zero-order valence-corrected chi connectivity index (χ0v) is 21.1. The molecule has 1 aromatic carbocycles. The molecular weight excluding hydrogens is 436 g/mol. The number of carbonyl (C=O) groups excluding carboxylic acids is 1. The number of benzene rings is 1. The first-order chi connectivity index (χ1) is 15.5. The second-order valence-electron chi connectivity index (χ2n) is 10.3. The normalized spacial score (nSPS) is 19.7. The van der Waals surface area contributed by atoms with Gasteiger partial charge < -0.3 is 18.7 Å². The Balaban J connectivity index is 1.29. The van der Waals surface area contributed by atoms with Crippen LogP contribution in [-0.2, 0) is 4.43 Å². The van der Waals surface area contributed by atoms with E-state index in [-0.39, 0.29) is 34.8 Å². The number of nitrogens with one attached hydrogen (secondary N) is 1. The Morgan fingerprint density at radius 1 is 1.18 bits per heavy atom. The molecule has 1 saturated carbocycles. The fourth-order valence-electron chi connectivity index (χ4n) is 3.57. The van der Waals surface area contributed by atoms with Crippen LogP contribution in [0.5, 0.6) is 0 Å². The summed E-state index contributed by atoms with van der Waals surface area (Å²) in [5.41, 5.74) is 1.54. The Bertz CT molecular complexity index is 1100. The largest absolute Gasteiger partial charge is 0.422 e. The van der Waals surface area contributed by atoms with Crippen molar-refractivity contribution in [3.63, 3.8) is 0 Å². The Morgan fingerprint density at radius 3 is 2.55 bits per heavy atom. The van der Waals surface area contributed by atoms with Crippen molar-refractivity contribution in [2.75, 3.05) is 0 Å². The van der Waals surface area contributed by atoms with E-state index in [9.17, 15) is 4.79 Å². The molecule has 0 bridgehead atoms. The molecule has 4 rings (SSSR count). The SMILES string of the molecule is C[C@@H](O[Si](C)(C)C(C)(C)C)c1nnc(C2CC(NC(=O)c3cc(-c4ccccc4)no3)C2)o1. The lowest BCUT2D eigenvalue weighted by Crippen LogP contribution is -2.43. The third-order valence-electron chi connectivity index (χ3n) is 6.71. The molecule has 1 atom stereocenters. The maximum absolute atomic E-state index is 12.5. The maximum Gasteiger partial charge on any atom is 0.290 e. The van der Waals surface area contributed by atoms with Crippen LogP contribution in [0.4, 0.5) is 0 Å². The molecule has 3 aromatic rings. The Hall–Kier alpha value is -2.78. The van der Waals surface area contributed by atoms with Crippen molar-refractivity contribution in [3.8, 4) is 11.3 Å². The second-order valence-corrected chi connectivity index (χ2v) is 15.0. The summed E-state index contributed by atoms with van der Waals surface area (Å²) < 4.78 is 17.5. The molecule has 1 amide bonds. The molecule has 1 N–H and O–H groups in total. The van der Waals surface area contributed by atoms with Crippen LogP contribution in [0.25, 0.3) is 11.3 Å². The van der Waals surface area contributed by atoms with Crippen molar-refractivity contribution in [3.05, 3.63) is 53.9 Å². The van der Waals surface area contributed by atoms with E-state index in [0.29, 0.717) is 17.5 Å². The summed E-state index contributed by atoms with van der Waals surface area (Å²) in [7, 11) is -1.93. The number of nitrogens with zero attached hydrogens (tertiary/aromatic N) is 3. The Kier molecular flexibility index (Phi) is 6.28. The minimum Gasteiger partial charge on any atom is -0.422 e. The van der Waals surface area contributed by atoms with Gasteiger partial charge in [-0.3, -0.25) is 4.79 Å². The van der Waals surface area contributed by atoms with Crippen LogP contribution in [0, 0.1) is 0 Å². The zero-order valence-electron chi connectivity index (χ0n) is 20.1. The number of hydrogen-bond acceptors (Lipinski definition) is 7. The molecule has 0 saturated heterocycles. The van der Waals surface area contributed by atoms with Crippen LogP contribution in [0.3, 0.4) is 0 Å². The first-order valence-electron chi connectivity index (χ1n) is 11.4. The van der Waals surface area contributed by atoms with Crippen molar-refractivity contribution in [2.45, 2.75) is 76.7 Å². The highest BCUT2D eigenvalue weighted by molar-refractivity contribution is 6.74. The first-order valence-corrected chi connectivity index (χ1v) is 14.3. The molecule has 0 aliphatic heterocycles. The van der Waals surface area contributed by atoms with Crippen molar-refractivity contribution in [1.82, 2.24) is 20.7 Å². The van der Waals surface area contributed by atoms with E-state index < -0.39 is 8.32 Å². The third-order valence-corrected chi connectivity index (χ3v) is 11.3. The van der Waals surface area contributed by atoms with E-state index in [1.807, 2.05) is 37.3 Å². The van der Waals surface area contributed by atoms with Gasteiger partial charge in [0.15, 0.2) is 8.32 Å². The number of rotatable bonds is 7. The molecule has 0 unspecified atom stereocenters. The quantitative estimate of drug-likeness (QED) is 0.458. The molecule has 0 radical (unpaired) electrons. The third kappa shape index (κ3) is 5.09. The summed E-state index contributed by atoms with van der Waals surface area (Å²) in [4.78, 5) is 12.5. The molecule has 1 fully saturated rings. The summed E-state index contributed by atoms with van der Waals surface area (Å²) in [6, 6.07) is 11.3. The molecule has 2 heterocycles. The molecule has 9 heteroatoms. The summed E-state index contributed by atoms with van der Waals surface area (Å²) in [6.07, 6.45) is 1.24. The fourth-order valence-corrected chi connectivity index (χ4v) is 4.90. The smallest absolute Gasteiger partial charge is 0.290 e. The first kappa shape index (κ1) is 23.4. The maximum atomic E-state index is 12.5. The molecule has 8 nitrogen and oxygen atoms in total. The van der Waals surface area contributed by atoms with Crippen molar-refractivity contribution >= 4 is 14.2 Å². The monoisotopic (exact) mass is 468 g/mol. The Labute approximate surface area is 195 Å². The highest BCUT2D eigenvalue weighted by atomic mass is 28.4. The van der Waals surface area contributed by atoms with E-state index in [0.717, 1.165) is 18.4 Å². The predicted molar refractivity (Wildman–Crippen MR) is 126 cm³/mol. The molecule has 33 heavy (non-hydrogen) atoms. The minimum atomic E-state index is -1.93. The zero-order chi connectivity index (χ0) is 23.8. The fraction of sp³-hybridized carbons (Fsp3) is 0.500. The number of hydrogen-bond donors (Lipinski definition) is 1. The molecular formula is C24H32N4O4Si. The highest BCUT2D eigenvalue weighted by Gasteiger charge is 2.40. The van der Waals surface area contributed by atoms with Crippen LogP contribution < -0.4 is 5.32 Å². The van der Waals surface area contributed by atoms with Gasteiger partial charge in [0.25, 0.3) is 5.91 Å². The standard InChI is InChI=1S/C24H32N4O4Si/c1-15(32-33(5,6)24(2,3)4)22-26-27-23(30-22)17-12-18(13-17)25-21(29)20-14-19(28-31-20)16-10-8-7-9-11-16/h7-11,14-15,17-18H,12-13H2,1-6H3,(H,25,29)/t15-,17?,18?/m1/s1. The average molecular weight is 469 g/mol. The van der Waals surface area contributed by atoms with Gasteiger partial charge in [-0.15, -0.1) is 10.2 Å². The summed E-state index contributed by atoms with van der Waals surface area (Å²) >= 11 is 0. The van der Waals surface area contributed by atoms with E-state index >= 15 is 0 Å². The predicted octanol–water partition coefficient (Wildman–Crippen LogP) is 5.48. The second kappa shape index (κ2) is 8.87. The van der Waals surface area contributed by atoms with E-state index in [4.69, 9.17) is 13.4 Å². The van der Waals surface area contributed by atoms with Crippen molar-refractivity contribution < 1.29 is 18.2 Å². The van der Waals surface area contributed by atoms with Gasteiger partial charge in [-0.1, -0.05) is 56.3 Å². The van der Waals surface area contributed by atoms with Gasteiger partial charge in [0.1, 0.15) is 11.8 Å². The van der Waals surface area contributed by atoms with Gasteiger partial charge in [0, 0.05) is 23.6 Å². The molecule has 2 aromatic heterocycles. The lowest BCUT2D eigenvalue weighted by atomic mass is 9.80. The average Bonchev–Trinajstić information content (AvgIpc) is 3.40. The Morgan fingerprint density at radius 2 is 1.88 bits per heavy atom. The van der Waals surface area contributed by atoms with Crippen LogP contribution in [0.1, 0.15) is 74.9 Å². The number of aromatic nitrogens is 3. The van der Waals surface area contributed by atoms with E-state index in [2.05, 4.69) is 54.5 Å². The van der Waals surface area contributed by atoms with Crippen molar-refractivity contribution in [1.29, 1.82) is 0 Å².